The minimum absolute atomic E-state index is 0.0306. The van der Waals surface area contributed by atoms with E-state index in [1.807, 2.05) is 0 Å². The Balaban J connectivity index is 2.05. The standard InChI is InChI=1S/C19H16F4N4O2S/c20-16-7-11(1-3-14(16)12-9-25-18(24)26-10-12)15-4-2-13(19(21,22)23)8-17(15)30(29)27-5-6-28/h1-4,7-10,27-28H,5-6H2,(H2,24,25,26). The van der Waals surface area contributed by atoms with Gasteiger partial charge in [0, 0.05) is 35.2 Å². The highest BCUT2D eigenvalue weighted by Gasteiger charge is 2.33. The molecule has 0 spiro atoms. The number of rotatable bonds is 6. The van der Waals surface area contributed by atoms with Crippen molar-refractivity contribution in [3.8, 4) is 22.3 Å². The molecule has 0 amide bonds. The second-order valence-corrected chi connectivity index (χ2v) is 7.39. The van der Waals surface area contributed by atoms with Gasteiger partial charge in [-0.1, -0.05) is 12.1 Å². The highest BCUT2D eigenvalue weighted by Crippen LogP contribution is 2.36. The fourth-order valence-electron chi connectivity index (χ4n) is 2.70. The molecule has 3 aromatic rings. The van der Waals surface area contributed by atoms with E-state index in [4.69, 9.17) is 10.8 Å². The summed E-state index contributed by atoms with van der Waals surface area (Å²) in [5.74, 6) is -0.635. The summed E-state index contributed by atoms with van der Waals surface area (Å²) in [5.41, 5.74) is 5.36. The normalized spacial score (nSPS) is 12.7. The van der Waals surface area contributed by atoms with Crippen LogP contribution in [0.5, 0.6) is 0 Å². The molecule has 0 saturated heterocycles. The van der Waals surface area contributed by atoms with Gasteiger partial charge in [-0.3, -0.25) is 0 Å². The first-order valence-electron chi connectivity index (χ1n) is 8.56. The van der Waals surface area contributed by atoms with Gasteiger partial charge in [-0.25, -0.2) is 14.4 Å². The Bertz CT molecular complexity index is 1030. The number of aliphatic hydroxyl groups excluding tert-OH is 1. The lowest BCUT2D eigenvalue weighted by molar-refractivity contribution is -0.137. The summed E-state index contributed by atoms with van der Waals surface area (Å²) in [5, 5.41) is 8.88. The number of halogens is 4. The van der Waals surface area contributed by atoms with E-state index in [0.29, 0.717) is 5.56 Å². The summed E-state index contributed by atoms with van der Waals surface area (Å²) in [6.45, 7) is -0.445. The molecular formula is C19H16F4N4O2S. The predicted octanol–water partition coefficient (Wildman–Crippen LogP) is 3.16. The van der Waals surface area contributed by atoms with E-state index in [2.05, 4.69) is 14.7 Å². The Hall–Kier alpha value is -2.73. The first-order chi connectivity index (χ1) is 14.2. The van der Waals surface area contributed by atoms with Crippen LogP contribution in [0.25, 0.3) is 22.3 Å². The molecule has 158 valence electrons. The van der Waals surface area contributed by atoms with Crippen LogP contribution in [0.1, 0.15) is 5.56 Å². The van der Waals surface area contributed by atoms with Crippen LogP contribution >= 0.6 is 0 Å². The first-order valence-corrected chi connectivity index (χ1v) is 9.71. The van der Waals surface area contributed by atoms with Gasteiger partial charge in [-0.2, -0.15) is 13.2 Å². The molecular weight excluding hydrogens is 424 g/mol. The average Bonchev–Trinajstić information content (AvgIpc) is 2.71. The maximum Gasteiger partial charge on any atom is 0.416 e. The van der Waals surface area contributed by atoms with Gasteiger partial charge >= 0.3 is 6.18 Å². The maximum absolute atomic E-state index is 14.7. The molecule has 4 N–H and O–H groups in total. The zero-order valence-corrected chi connectivity index (χ0v) is 16.1. The van der Waals surface area contributed by atoms with E-state index in [1.165, 1.54) is 24.5 Å². The Kier molecular flexibility index (Phi) is 6.56. The van der Waals surface area contributed by atoms with Gasteiger partial charge in [-0.15, -0.1) is 4.72 Å². The number of aromatic nitrogens is 2. The Morgan fingerprint density at radius 3 is 2.30 bits per heavy atom. The highest BCUT2D eigenvalue weighted by molar-refractivity contribution is 7.89. The van der Waals surface area contributed by atoms with Crippen molar-refractivity contribution in [1.82, 2.24) is 14.7 Å². The van der Waals surface area contributed by atoms with Crippen molar-refractivity contribution in [1.29, 1.82) is 0 Å². The molecule has 0 bridgehead atoms. The van der Waals surface area contributed by atoms with Crippen molar-refractivity contribution in [2.45, 2.75) is 11.1 Å². The van der Waals surface area contributed by atoms with E-state index in [9.17, 15) is 22.1 Å². The molecule has 0 fully saturated rings. The lowest BCUT2D eigenvalue weighted by atomic mass is 10.00. The largest absolute Gasteiger partial charge is 0.593 e. The summed E-state index contributed by atoms with van der Waals surface area (Å²) in [4.78, 5) is 7.42. The van der Waals surface area contributed by atoms with Gasteiger partial charge in [0.25, 0.3) is 0 Å². The van der Waals surface area contributed by atoms with E-state index >= 15 is 0 Å². The number of hydrogen-bond donors (Lipinski definition) is 3. The molecule has 30 heavy (non-hydrogen) atoms. The van der Waals surface area contributed by atoms with Gasteiger partial charge in [-0.05, 0) is 23.8 Å². The molecule has 0 radical (unpaired) electrons. The quantitative estimate of drug-likeness (QED) is 0.402. The molecule has 0 aliphatic rings. The predicted molar refractivity (Wildman–Crippen MR) is 104 cm³/mol. The van der Waals surface area contributed by atoms with Gasteiger partial charge in [0.2, 0.25) is 5.95 Å². The molecule has 2 aromatic carbocycles. The van der Waals surface area contributed by atoms with Crippen LogP contribution in [0.2, 0.25) is 0 Å². The van der Waals surface area contributed by atoms with Gasteiger partial charge < -0.3 is 15.4 Å². The lowest BCUT2D eigenvalue weighted by Gasteiger charge is -2.16. The van der Waals surface area contributed by atoms with Crippen molar-refractivity contribution < 1.29 is 27.2 Å². The van der Waals surface area contributed by atoms with Gasteiger partial charge in [0.1, 0.15) is 5.82 Å². The fraction of sp³-hybridized carbons (Fsp3) is 0.158. The summed E-state index contributed by atoms with van der Waals surface area (Å²) in [6.07, 6.45) is -1.95. The zero-order chi connectivity index (χ0) is 21.9. The van der Waals surface area contributed by atoms with Crippen molar-refractivity contribution in [3.63, 3.8) is 0 Å². The molecule has 1 atom stereocenters. The van der Waals surface area contributed by atoms with Crippen LogP contribution in [-0.4, -0.2) is 32.8 Å². The summed E-state index contributed by atoms with van der Waals surface area (Å²) < 4.78 is 69.0. The Labute approximate surface area is 172 Å². The molecule has 1 heterocycles. The highest BCUT2D eigenvalue weighted by atomic mass is 32.2. The van der Waals surface area contributed by atoms with Crippen molar-refractivity contribution in [2.24, 2.45) is 0 Å². The number of nitrogens with one attached hydrogen (secondary N) is 1. The van der Waals surface area contributed by atoms with E-state index < -0.39 is 28.9 Å². The smallest absolute Gasteiger partial charge is 0.416 e. The van der Waals surface area contributed by atoms with Crippen LogP contribution in [-0.2, 0) is 17.5 Å². The van der Waals surface area contributed by atoms with Crippen LogP contribution in [0, 0.1) is 5.82 Å². The number of nitrogens with two attached hydrogens (primary N) is 1. The third-order valence-corrected chi connectivity index (χ3v) is 5.32. The van der Waals surface area contributed by atoms with Gasteiger partial charge in [0.05, 0.1) is 30.1 Å². The Morgan fingerprint density at radius 2 is 1.70 bits per heavy atom. The third kappa shape index (κ3) is 4.87. The van der Waals surface area contributed by atoms with Crippen LogP contribution in [0.3, 0.4) is 0 Å². The summed E-state index contributed by atoms with van der Waals surface area (Å²) in [7, 11) is 0. The van der Waals surface area contributed by atoms with E-state index in [1.54, 1.807) is 0 Å². The molecule has 0 saturated carbocycles. The Morgan fingerprint density at radius 1 is 1.03 bits per heavy atom. The minimum atomic E-state index is -4.64. The van der Waals surface area contributed by atoms with E-state index in [0.717, 1.165) is 24.3 Å². The molecule has 3 rings (SSSR count). The molecule has 11 heteroatoms. The molecule has 0 aliphatic carbocycles. The van der Waals surface area contributed by atoms with Crippen molar-refractivity contribution in [2.75, 3.05) is 18.9 Å². The third-order valence-electron chi connectivity index (χ3n) is 4.12. The number of benzene rings is 2. The fourth-order valence-corrected chi connectivity index (χ4v) is 3.75. The number of anilines is 1. The van der Waals surface area contributed by atoms with Crippen LogP contribution in [0.4, 0.5) is 23.5 Å². The zero-order valence-electron chi connectivity index (χ0n) is 15.3. The van der Waals surface area contributed by atoms with Crippen LogP contribution in [0.15, 0.2) is 53.7 Å². The summed E-state index contributed by atoms with van der Waals surface area (Å²) in [6, 6.07) is 6.75. The second kappa shape index (κ2) is 8.96. The molecule has 1 unspecified atom stereocenters. The lowest BCUT2D eigenvalue weighted by Crippen LogP contribution is -2.27. The van der Waals surface area contributed by atoms with Crippen LogP contribution < -0.4 is 10.5 Å². The molecule has 0 aliphatic heterocycles. The number of nitrogens with zero attached hydrogens (tertiary/aromatic N) is 2. The monoisotopic (exact) mass is 440 g/mol. The molecule has 1 aromatic heterocycles. The maximum atomic E-state index is 14.7. The first kappa shape index (κ1) is 22.0. The minimum Gasteiger partial charge on any atom is -0.593 e. The molecule has 6 nitrogen and oxygen atoms in total. The van der Waals surface area contributed by atoms with Crippen molar-refractivity contribution in [3.05, 3.63) is 60.2 Å². The SMILES string of the molecule is Nc1ncc(-c2ccc(-c3ccc(C(F)(F)F)cc3[S+]([O-])NCCO)cc2F)cn1. The van der Waals surface area contributed by atoms with E-state index in [-0.39, 0.29) is 40.7 Å². The average molecular weight is 440 g/mol. The second-order valence-electron chi connectivity index (χ2n) is 6.12. The number of aliphatic hydroxyl groups is 1. The van der Waals surface area contributed by atoms with Gasteiger partial charge in [0.15, 0.2) is 4.90 Å². The topological polar surface area (TPSA) is 107 Å². The number of nitrogen functional groups attached to an aromatic ring is 1. The van der Waals surface area contributed by atoms with Crippen molar-refractivity contribution >= 4 is 17.3 Å². The number of hydrogen-bond acceptors (Lipinski definition) is 6. The number of alkyl halides is 3. The summed E-state index contributed by atoms with van der Waals surface area (Å²) >= 11 is -2.06.